The number of thiazole rings is 1. The SMILES string of the molecule is CC(C)(C)C(NCc1cscn1)c1ccc(F)cc1. The van der Waals surface area contributed by atoms with Crippen LogP contribution in [0.1, 0.15) is 38.1 Å². The van der Waals surface area contributed by atoms with Gasteiger partial charge in [0.25, 0.3) is 0 Å². The lowest BCUT2D eigenvalue weighted by atomic mass is 9.82. The second-order valence-corrected chi connectivity index (χ2v) is 6.43. The summed E-state index contributed by atoms with van der Waals surface area (Å²) in [5, 5.41) is 5.56. The Morgan fingerprint density at radius 2 is 1.95 bits per heavy atom. The largest absolute Gasteiger partial charge is 0.304 e. The summed E-state index contributed by atoms with van der Waals surface area (Å²) in [6.07, 6.45) is 0. The maximum atomic E-state index is 13.0. The van der Waals surface area contributed by atoms with Crippen molar-refractivity contribution in [2.24, 2.45) is 5.41 Å². The van der Waals surface area contributed by atoms with Crippen molar-refractivity contribution in [2.45, 2.75) is 33.4 Å². The lowest BCUT2D eigenvalue weighted by Crippen LogP contribution is -2.32. The molecule has 2 aromatic rings. The molecule has 0 aliphatic carbocycles. The maximum absolute atomic E-state index is 13.0. The Labute approximate surface area is 117 Å². The third-order valence-corrected chi connectivity index (χ3v) is 3.68. The van der Waals surface area contributed by atoms with Crippen molar-refractivity contribution in [2.75, 3.05) is 0 Å². The summed E-state index contributed by atoms with van der Waals surface area (Å²) in [6.45, 7) is 7.25. The lowest BCUT2D eigenvalue weighted by Gasteiger charge is -2.32. The molecular weight excluding hydrogens is 259 g/mol. The number of aromatic nitrogens is 1. The van der Waals surface area contributed by atoms with Crippen molar-refractivity contribution in [1.82, 2.24) is 10.3 Å². The Balaban J connectivity index is 2.14. The first-order valence-corrected chi connectivity index (χ1v) is 7.27. The van der Waals surface area contributed by atoms with Crippen molar-refractivity contribution >= 4 is 11.3 Å². The topological polar surface area (TPSA) is 24.9 Å². The normalized spacial score (nSPS) is 13.5. The molecule has 0 saturated carbocycles. The second kappa shape index (κ2) is 5.80. The summed E-state index contributed by atoms with van der Waals surface area (Å²) < 4.78 is 13.0. The monoisotopic (exact) mass is 278 g/mol. The first kappa shape index (κ1) is 14.2. The van der Waals surface area contributed by atoms with Gasteiger partial charge in [-0.05, 0) is 23.1 Å². The minimum absolute atomic E-state index is 0.0495. The summed E-state index contributed by atoms with van der Waals surface area (Å²) >= 11 is 1.60. The molecule has 0 bridgehead atoms. The van der Waals surface area contributed by atoms with Gasteiger partial charge in [0.05, 0.1) is 11.2 Å². The van der Waals surface area contributed by atoms with E-state index in [4.69, 9.17) is 0 Å². The quantitative estimate of drug-likeness (QED) is 0.908. The number of hydrogen-bond donors (Lipinski definition) is 1. The molecule has 0 amide bonds. The van der Waals surface area contributed by atoms with E-state index in [0.29, 0.717) is 0 Å². The smallest absolute Gasteiger partial charge is 0.123 e. The fraction of sp³-hybridized carbons (Fsp3) is 0.400. The van der Waals surface area contributed by atoms with E-state index in [0.717, 1.165) is 17.8 Å². The average molecular weight is 278 g/mol. The fourth-order valence-corrected chi connectivity index (χ4v) is 2.67. The van der Waals surface area contributed by atoms with E-state index in [-0.39, 0.29) is 17.3 Å². The number of benzene rings is 1. The van der Waals surface area contributed by atoms with Gasteiger partial charge in [-0.1, -0.05) is 32.9 Å². The molecule has 1 N–H and O–H groups in total. The molecule has 0 spiro atoms. The summed E-state index contributed by atoms with van der Waals surface area (Å²) in [5.74, 6) is -0.198. The highest BCUT2D eigenvalue weighted by Crippen LogP contribution is 2.33. The van der Waals surface area contributed by atoms with Gasteiger partial charge in [-0.2, -0.15) is 0 Å². The number of nitrogens with zero attached hydrogens (tertiary/aromatic N) is 1. The highest BCUT2D eigenvalue weighted by atomic mass is 32.1. The summed E-state index contributed by atoms with van der Waals surface area (Å²) in [6, 6.07) is 6.88. The van der Waals surface area contributed by atoms with Gasteiger partial charge >= 0.3 is 0 Å². The van der Waals surface area contributed by atoms with Crippen LogP contribution in [0, 0.1) is 11.2 Å². The number of rotatable bonds is 4. The third-order valence-electron chi connectivity index (χ3n) is 3.04. The standard InChI is InChI=1S/C15H19FN2S/c1-15(2,3)14(11-4-6-12(16)7-5-11)17-8-13-9-19-10-18-13/h4-7,9-10,14,17H,8H2,1-3H3. The molecule has 1 aromatic carbocycles. The third kappa shape index (κ3) is 3.85. The zero-order valence-corrected chi connectivity index (χ0v) is 12.3. The Hall–Kier alpha value is -1.26. The Kier molecular flexibility index (Phi) is 4.32. The van der Waals surface area contributed by atoms with Gasteiger partial charge in [0, 0.05) is 18.0 Å². The van der Waals surface area contributed by atoms with Crippen LogP contribution in [0.3, 0.4) is 0 Å². The summed E-state index contributed by atoms with van der Waals surface area (Å²) in [7, 11) is 0. The highest BCUT2D eigenvalue weighted by molar-refractivity contribution is 7.07. The van der Waals surface area contributed by atoms with Crippen molar-refractivity contribution < 1.29 is 4.39 Å². The Bertz CT molecular complexity index is 500. The van der Waals surface area contributed by atoms with Crippen molar-refractivity contribution in [3.8, 4) is 0 Å². The molecule has 2 rings (SSSR count). The zero-order chi connectivity index (χ0) is 13.9. The first-order chi connectivity index (χ1) is 8.97. The van der Waals surface area contributed by atoms with E-state index in [1.807, 2.05) is 23.0 Å². The molecule has 2 nitrogen and oxygen atoms in total. The molecular formula is C15H19FN2S. The molecule has 4 heteroatoms. The van der Waals surface area contributed by atoms with Crippen LogP contribution in [0.5, 0.6) is 0 Å². The zero-order valence-electron chi connectivity index (χ0n) is 11.5. The molecule has 0 saturated heterocycles. The summed E-state index contributed by atoms with van der Waals surface area (Å²) in [4.78, 5) is 4.27. The van der Waals surface area contributed by atoms with E-state index in [1.54, 1.807) is 11.3 Å². The average Bonchev–Trinajstić information content (AvgIpc) is 2.83. The molecule has 1 heterocycles. The van der Waals surface area contributed by atoms with E-state index in [2.05, 4.69) is 31.1 Å². The van der Waals surface area contributed by atoms with Gasteiger partial charge < -0.3 is 5.32 Å². The number of hydrogen-bond acceptors (Lipinski definition) is 3. The van der Waals surface area contributed by atoms with Crippen LogP contribution in [-0.4, -0.2) is 4.98 Å². The van der Waals surface area contributed by atoms with Gasteiger partial charge in [-0.3, -0.25) is 0 Å². The van der Waals surface area contributed by atoms with E-state index in [1.165, 1.54) is 12.1 Å². The number of halogens is 1. The fourth-order valence-electron chi connectivity index (χ4n) is 2.11. The van der Waals surface area contributed by atoms with E-state index < -0.39 is 0 Å². The first-order valence-electron chi connectivity index (χ1n) is 6.33. The summed E-state index contributed by atoms with van der Waals surface area (Å²) in [5.41, 5.74) is 4.03. The predicted molar refractivity (Wildman–Crippen MR) is 77.5 cm³/mol. The molecule has 1 aromatic heterocycles. The van der Waals surface area contributed by atoms with Crippen LogP contribution in [0.4, 0.5) is 4.39 Å². The molecule has 0 radical (unpaired) electrons. The molecule has 102 valence electrons. The maximum Gasteiger partial charge on any atom is 0.123 e. The van der Waals surface area contributed by atoms with Gasteiger partial charge in [0.1, 0.15) is 5.82 Å². The second-order valence-electron chi connectivity index (χ2n) is 5.71. The Morgan fingerprint density at radius 3 is 2.47 bits per heavy atom. The minimum atomic E-state index is -0.198. The van der Waals surface area contributed by atoms with Crippen LogP contribution < -0.4 is 5.32 Å². The van der Waals surface area contributed by atoms with Crippen LogP contribution in [0.15, 0.2) is 35.2 Å². The van der Waals surface area contributed by atoms with Crippen LogP contribution in [0.25, 0.3) is 0 Å². The van der Waals surface area contributed by atoms with E-state index >= 15 is 0 Å². The molecule has 0 aliphatic heterocycles. The van der Waals surface area contributed by atoms with Crippen molar-refractivity contribution in [3.63, 3.8) is 0 Å². The van der Waals surface area contributed by atoms with Crippen LogP contribution >= 0.6 is 11.3 Å². The minimum Gasteiger partial charge on any atom is -0.304 e. The van der Waals surface area contributed by atoms with E-state index in [9.17, 15) is 4.39 Å². The highest BCUT2D eigenvalue weighted by Gasteiger charge is 2.25. The van der Waals surface area contributed by atoms with Crippen LogP contribution in [-0.2, 0) is 6.54 Å². The lowest BCUT2D eigenvalue weighted by molar-refractivity contribution is 0.270. The molecule has 0 fully saturated rings. The molecule has 1 atom stereocenters. The van der Waals surface area contributed by atoms with Crippen molar-refractivity contribution in [3.05, 3.63) is 52.2 Å². The molecule has 0 aliphatic rings. The number of nitrogens with one attached hydrogen (secondary N) is 1. The van der Waals surface area contributed by atoms with Gasteiger partial charge in [0.2, 0.25) is 0 Å². The van der Waals surface area contributed by atoms with Crippen LogP contribution in [0.2, 0.25) is 0 Å². The van der Waals surface area contributed by atoms with Gasteiger partial charge in [-0.25, -0.2) is 9.37 Å². The predicted octanol–water partition coefficient (Wildman–Crippen LogP) is 4.16. The molecule has 19 heavy (non-hydrogen) atoms. The molecule has 1 unspecified atom stereocenters. The van der Waals surface area contributed by atoms with Crippen molar-refractivity contribution in [1.29, 1.82) is 0 Å². The van der Waals surface area contributed by atoms with Gasteiger partial charge in [0.15, 0.2) is 0 Å². The van der Waals surface area contributed by atoms with Gasteiger partial charge in [-0.15, -0.1) is 11.3 Å². The Morgan fingerprint density at radius 1 is 1.26 bits per heavy atom.